The molecule has 0 N–H and O–H groups in total. The minimum absolute atomic E-state index is 0.0632. The second-order valence-electron chi connectivity index (χ2n) is 6.32. The van der Waals surface area contributed by atoms with E-state index >= 15 is 0 Å². The van der Waals surface area contributed by atoms with Gasteiger partial charge in [-0.15, -0.1) is 10.2 Å². The van der Waals surface area contributed by atoms with Crippen molar-refractivity contribution in [3.8, 4) is 23.0 Å². The smallest absolute Gasteiger partial charge is 0.277 e. The Hall–Kier alpha value is -2.94. The van der Waals surface area contributed by atoms with Gasteiger partial charge in [0, 0.05) is 7.05 Å². The SMILES string of the molecule is Cc1occc1-c1nnc(SCC(=O)N(C)CC2COc3ccccc3O2)o1. The van der Waals surface area contributed by atoms with Crippen molar-refractivity contribution >= 4 is 17.7 Å². The van der Waals surface area contributed by atoms with Crippen LogP contribution in [0.1, 0.15) is 5.76 Å². The number of carbonyl (C=O) groups is 1. The van der Waals surface area contributed by atoms with Crippen LogP contribution in [0.2, 0.25) is 0 Å². The van der Waals surface area contributed by atoms with Crippen LogP contribution in [0.15, 0.2) is 50.7 Å². The van der Waals surface area contributed by atoms with E-state index in [0.29, 0.717) is 35.8 Å². The Morgan fingerprint density at radius 1 is 1.25 bits per heavy atom. The Bertz CT molecular complexity index is 970. The molecule has 28 heavy (non-hydrogen) atoms. The number of furan rings is 1. The van der Waals surface area contributed by atoms with Gasteiger partial charge in [-0.3, -0.25) is 4.79 Å². The number of nitrogens with zero attached hydrogens (tertiary/aromatic N) is 3. The molecule has 1 aliphatic rings. The van der Waals surface area contributed by atoms with E-state index in [2.05, 4.69) is 10.2 Å². The first kappa shape index (κ1) is 18.4. The number of hydrogen-bond donors (Lipinski definition) is 0. The normalized spacial score (nSPS) is 15.4. The third-order valence-electron chi connectivity index (χ3n) is 4.29. The first-order valence-corrected chi connectivity index (χ1v) is 9.72. The molecule has 0 saturated carbocycles. The molecular formula is C19H19N3O5S. The van der Waals surface area contributed by atoms with E-state index < -0.39 is 0 Å². The van der Waals surface area contributed by atoms with Crippen LogP contribution < -0.4 is 9.47 Å². The summed E-state index contributed by atoms with van der Waals surface area (Å²) in [7, 11) is 1.74. The number of thioether (sulfide) groups is 1. The molecule has 146 valence electrons. The molecule has 1 amide bonds. The highest BCUT2D eigenvalue weighted by Crippen LogP contribution is 2.31. The van der Waals surface area contributed by atoms with Gasteiger partial charge < -0.3 is 23.2 Å². The summed E-state index contributed by atoms with van der Waals surface area (Å²) >= 11 is 1.20. The Balaban J connectivity index is 1.28. The molecule has 3 aromatic rings. The average molecular weight is 401 g/mol. The second-order valence-corrected chi connectivity index (χ2v) is 7.25. The lowest BCUT2D eigenvalue weighted by atomic mass is 10.2. The van der Waals surface area contributed by atoms with Gasteiger partial charge in [-0.1, -0.05) is 23.9 Å². The summed E-state index contributed by atoms with van der Waals surface area (Å²) in [5.41, 5.74) is 0.748. The summed E-state index contributed by atoms with van der Waals surface area (Å²) in [6, 6.07) is 9.27. The molecule has 0 bridgehead atoms. The third kappa shape index (κ3) is 3.99. The maximum atomic E-state index is 12.4. The van der Waals surface area contributed by atoms with Gasteiger partial charge in [-0.05, 0) is 25.1 Å². The maximum Gasteiger partial charge on any atom is 0.277 e. The van der Waals surface area contributed by atoms with E-state index in [1.165, 1.54) is 11.8 Å². The van der Waals surface area contributed by atoms with Crippen molar-refractivity contribution in [2.24, 2.45) is 0 Å². The van der Waals surface area contributed by atoms with Crippen molar-refractivity contribution in [2.75, 3.05) is 26.0 Å². The molecule has 0 saturated heterocycles. The molecule has 1 aromatic carbocycles. The van der Waals surface area contributed by atoms with E-state index in [-0.39, 0.29) is 17.8 Å². The molecule has 8 nitrogen and oxygen atoms in total. The maximum absolute atomic E-state index is 12.4. The fourth-order valence-corrected chi connectivity index (χ4v) is 3.48. The Morgan fingerprint density at radius 2 is 2.07 bits per heavy atom. The third-order valence-corrected chi connectivity index (χ3v) is 5.09. The summed E-state index contributed by atoms with van der Waals surface area (Å²) in [6.45, 7) is 2.65. The van der Waals surface area contributed by atoms with Gasteiger partial charge in [-0.25, -0.2) is 0 Å². The fraction of sp³-hybridized carbons (Fsp3) is 0.316. The predicted octanol–water partition coefficient (Wildman–Crippen LogP) is 3.03. The number of fused-ring (bicyclic) bond motifs is 1. The van der Waals surface area contributed by atoms with Crippen molar-refractivity contribution in [1.29, 1.82) is 0 Å². The Morgan fingerprint density at radius 3 is 2.86 bits per heavy atom. The van der Waals surface area contributed by atoms with Gasteiger partial charge in [0.15, 0.2) is 17.6 Å². The molecule has 0 radical (unpaired) electrons. The summed E-state index contributed by atoms with van der Waals surface area (Å²) in [6.07, 6.45) is 1.35. The number of para-hydroxylation sites is 2. The van der Waals surface area contributed by atoms with Gasteiger partial charge >= 0.3 is 0 Å². The van der Waals surface area contributed by atoms with Gasteiger partial charge in [-0.2, -0.15) is 0 Å². The van der Waals surface area contributed by atoms with Crippen molar-refractivity contribution in [3.05, 3.63) is 42.4 Å². The molecular weight excluding hydrogens is 382 g/mol. The summed E-state index contributed by atoms with van der Waals surface area (Å²) in [5.74, 6) is 2.62. The first-order valence-electron chi connectivity index (χ1n) is 8.73. The van der Waals surface area contributed by atoms with E-state index in [0.717, 1.165) is 11.3 Å². The quantitative estimate of drug-likeness (QED) is 0.582. The van der Waals surface area contributed by atoms with Gasteiger partial charge in [0.2, 0.25) is 5.91 Å². The van der Waals surface area contributed by atoms with Gasteiger partial charge in [0.05, 0.1) is 24.1 Å². The summed E-state index contributed by atoms with van der Waals surface area (Å²) < 4.78 is 22.4. The number of hydrogen-bond acceptors (Lipinski definition) is 8. The van der Waals surface area contributed by atoms with Crippen molar-refractivity contribution in [2.45, 2.75) is 18.3 Å². The fourth-order valence-electron chi connectivity index (χ4n) is 2.78. The Kier molecular flexibility index (Phi) is 5.25. The number of aromatic nitrogens is 2. The highest BCUT2D eigenvalue weighted by Gasteiger charge is 2.24. The predicted molar refractivity (Wildman–Crippen MR) is 101 cm³/mol. The number of aryl methyl sites for hydroxylation is 1. The lowest BCUT2D eigenvalue weighted by Crippen LogP contribution is -2.42. The molecule has 1 aliphatic heterocycles. The molecule has 9 heteroatoms. The van der Waals surface area contributed by atoms with Crippen LogP contribution >= 0.6 is 11.8 Å². The van der Waals surface area contributed by atoms with Crippen LogP contribution in [-0.4, -0.2) is 53.1 Å². The monoisotopic (exact) mass is 401 g/mol. The van der Waals surface area contributed by atoms with E-state index in [1.807, 2.05) is 31.2 Å². The topological polar surface area (TPSA) is 90.8 Å². The minimum atomic E-state index is -0.215. The Labute approximate surface area is 165 Å². The number of rotatable bonds is 6. The summed E-state index contributed by atoms with van der Waals surface area (Å²) in [5, 5.41) is 8.31. The zero-order chi connectivity index (χ0) is 19.5. The van der Waals surface area contributed by atoms with Gasteiger partial charge in [0.1, 0.15) is 12.4 Å². The number of likely N-dealkylation sites (N-methyl/N-ethyl adjacent to an activating group) is 1. The van der Waals surface area contributed by atoms with Crippen LogP contribution in [0.3, 0.4) is 0 Å². The van der Waals surface area contributed by atoms with Crippen molar-refractivity contribution in [1.82, 2.24) is 15.1 Å². The number of ether oxygens (including phenoxy) is 2. The van der Waals surface area contributed by atoms with Gasteiger partial charge in [0.25, 0.3) is 11.1 Å². The summed E-state index contributed by atoms with van der Waals surface area (Å²) in [4.78, 5) is 14.0. The van der Waals surface area contributed by atoms with Crippen LogP contribution in [0.5, 0.6) is 11.5 Å². The number of carbonyl (C=O) groups excluding carboxylic acids is 1. The van der Waals surface area contributed by atoms with Crippen LogP contribution in [-0.2, 0) is 4.79 Å². The number of amides is 1. The van der Waals surface area contributed by atoms with Crippen LogP contribution in [0, 0.1) is 6.92 Å². The largest absolute Gasteiger partial charge is 0.486 e. The van der Waals surface area contributed by atoms with Crippen molar-refractivity contribution < 1.29 is 23.1 Å². The molecule has 0 aliphatic carbocycles. The molecule has 0 spiro atoms. The van der Waals surface area contributed by atoms with E-state index in [1.54, 1.807) is 24.3 Å². The highest BCUT2D eigenvalue weighted by atomic mass is 32.2. The molecule has 1 atom stereocenters. The second kappa shape index (κ2) is 7.97. The zero-order valence-electron chi connectivity index (χ0n) is 15.5. The zero-order valence-corrected chi connectivity index (χ0v) is 16.3. The molecule has 0 fully saturated rings. The standard InChI is InChI=1S/C19H19N3O5S/c1-12-14(7-8-24-12)18-20-21-19(27-18)28-11-17(23)22(2)9-13-10-25-15-5-3-4-6-16(15)26-13/h3-8,13H,9-11H2,1-2H3. The average Bonchev–Trinajstić information content (AvgIpc) is 3.34. The highest BCUT2D eigenvalue weighted by molar-refractivity contribution is 7.99. The molecule has 3 heterocycles. The minimum Gasteiger partial charge on any atom is -0.486 e. The van der Waals surface area contributed by atoms with E-state index in [9.17, 15) is 4.79 Å². The van der Waals surface area contributed by atoms with E-state index in [4.69, 9.17) is 18.3 Å². The lowest BCUT2D eigenvalue weighted by Gasteiger charge is -2.29. The first-order chi connectivity index (χ1) is 13.6. The van der Waals surface area contributed by atoms with Crippen molar-refractivity contribution in [3.63, 3.8) is 0 Å². The molecule has 4 rings (SSSR count). The van der Waals surface area contributed by atoms with Crippen LogP contribution in [0.4, 0.5) is 0 Å². The van der Waals surface area contributed by atoms with Crippen LogP contribution in [0.25, 0.3) is 11.5 Å². The molecule has 2 aromatic heterocycles. The molecule has 1 unspecified atom stereocenters. The number of benzene rings is 1. The lowest BCUT2D eigenvalue weighted by molar-refractivity contribution is -0.128.